The number of rotatable bonds is 19. The standard InChI is InChI=1S/C21H44O/c1-3-5-7-9-10-11-12-13-14-15-16-17-19-21-22-20-18-8-6-4-2/h3-21H2,1-2H3. The van der Waals surface area contributed by atoms with Crippen LogP contribution in [0.4, 0.5) is 0 Å². The van der Waals surface area contributed by atoms with E-state index in [1.807, 2.05) is 0 Å². The zero-order valence-electron chi connectivity index (χ0n) is 15.8. The Kier molecular flexibility index (Phi) is 20.9. The summed E-state index contributed by atoms with van der Waals surface area (Å²) < 4.78 is 5.68. The minimum Gasteiger partial charge on any atom is -0.381 e. The third-order valence-electron chi connectivity index (χ3n) is 4.53. The molecule has 0 aromatic heterocycles. The smallest absolute Gasteiger partial charge is 0.0466 e. The maximum atomic E-state index is 5.68. The lowest BCUT2D eigenvalue weighted by molar-refractivity contribution is 0.125. The first kappa shape index (κ1) is 22.0. The molecule has 0 rings (SSSR count). The number of ether oxygens (including phenoxy) is 1. The maximum absolute atomic E-state index is 5.68. The van der Waals surface area contributed by atoms with Gasteiger partial charge in [0.2, 0.25) is 0 Å². The van der Waals surface area contributed by atoms with E-state index in [4.69, 9.17) is 4.74 Å². The number of hydrogen-bond donors (Lipinski definition) is 0. The van der Waals surface area contributed by atoms with Gasteiger partial charge in [0.25, 0.3) is 0 Å². The molecule has 0 radical (unpaired) electrons. The second-order valence-corrected chi connectivity index (χ2v) is 6.92. The highest BCUT2D eigenvalue weighted by atomic mass is 16.5. The van der Waals surface area contributed by atoms with E-state index in [0.717, 1.165) is 13.2 Å². The van der Waals surface area contributed by atoms with Crippen LogP contribution in [-0.4, -0.2) is 13.2 Å². The van der Waals surface area contributed by atoms with Crippen molar-refractivity contribution in [2.45, 2.75) is 123 Å². The predicted molar refractivity (Wildman–Crippen MR) is 101 cm³/mol. The SMILES string of the molecule is CCCCCCCCCCCCCCCOCCCCCC. The van der Waals surface area contributed by atoms with Crippen molar-refractivity contribution in [2.75, 3.05) is 13.2 Å². The van der Waals surface area contributed by atoms with Gasteiger partial charge < -0.3 is 4.74 Å². The van der Waals surface area contributed by atoms with Crippen molar-refractivity contribution < 1.29 is 4.74 Å². The Morgan fingerprint density at radius 1 is 0.364 bits per heavy atom. The minimum atomic E-state index is 0.984. The molecule has 0 bridgehead atoms. The Bertz CT molecular complexity index is 159. The second kappa shape index (κ2) is 21.0. The van der Waals surface area contributed by atoms with E-state index in [1.165, 1.54) is 109 Å². The van der Waals surface area contributed by atoms with Crippen LogP contribution in [0, 0.1) is 0 Å². The fourth-order valence-electron chi connectivity index (χ4n) is 2.95. The van der Waals surface area contributed by atoms with Crippen LogP contribution in [0.3, 0.4) is 0 Å². The Morgan fingerprint density at radius 3 is 1.00 bits per heavy atom. The van der Waals surface area contributed by atoms with Gasteiger partial charge in [-0.1, -0.05) is 110 Å². The highest BCUT2D eigenvalue weighted by Crippen LogP contribution is 2.12. The van der Waals surface area contributed by atoms with Crippen molar-refractivity contribution in [2.24, 2.45) is 0 Å². The highest BCUT2D eigenvalue weighted by Gasteiger charge is 1.94. The van der Waals surface area contributed by atoms with Crippen molar-refractivity contribution >= 4 is 0 Å². The molecule has 1 heteroatoms. The van der Waals surface area contributed by atoms with E-state index in [2.05, 4.69) is 13.8 Å². The fourth-order valence-corrected chi connectivity index (χ4v) is 2.95. The van der Waals surface area contributed by atoms with E-state index in [0.29, 0.717) is 0 Å². The van der Waals surface area contributed by atoms with Gasteiger partial charge in [0, 0.05) is 13.2 Å². The van der Waals surface area contributed by atoms with Gasteiger partial charge >= 0.3 is 0 Å². The Labute approximate surface area is 141 Å². The third kappa shape index (κ3) is 20.0. The molecule has 0 aliphatic rings. The summed E-state index contributed by atoms with van der Waals surface area (Å²) in [6, 6.07) is 0. The molecule has 0 saturated heterocycles. The lowest BCUT2D eigenvalue weighted by Gasteiger charge is -2.04. The molecule has 0 fully saturated rings. The highest BCUT2D eigenvalue weighted by molar-refractivity contribution is 4.49. The molecular weight excluding hydrogens is 268 g/mol. The topological polar surface area (TPSA) is 9.23 Å². The number of hydrogen-bond acceptors (Lipinski definition) is 1. The summed E-state index contributed by atoms with van der Waals surface area (Å²) in [6.45, 7) is 6.52. The van der Waals surface area contributed by atoms with Gasteiger partial charge in [-0.3, -0.25) is 0 Å². The molecule has 0 unspecified atom stereocenters. The molecular formula is C21H44O. The van der Waals surface area contributed by atoms with Crippen LogP contribution >= 0.6 is 0 Å². The Hall–Kier alpha value is -0.0400. The van der Waals surface area contributed by atoms with Crippen LogP contribution in [0.5, 0.6) is 0 Å². The molecule has 0 saturated carbocycles. The molecule has 0 heterocycles. The summed E-state index contributed by atoms with van der Waals surface area (Å²) >= 11 is 0. The number of unbranched alkanes of at least 4 members (excludes halogenated alkanes) is 15. The van der Waals surface area contributed by atoms with Crippen molar-refractivity contribution in [3.05, 3.63) is 0 Å². The van der Waals surface area contributed by atoms with Crippen LogP contribution in [0.2, 0.25) is 0 Å². The van der Waals surface area contributed by atoms with Crippen molar-refractivity contribution in [1.82, 2.24) is 0 Å². The van der Waals surface area contributed by atoms with Crippen LogP contribution in [0.25, 0.3) is 0 Å². The van der Waals surface area contributed by atoms with Gasteiger partial charge in [0.1, 0.15) is 0 Å². The van der Waals surface area contributed by atoms with Crippen LogP contribution in [0.1, 0.15) is 123 Å². The van der Waals surface area contributed by atoms with Crippen molar-refractivity contribution in [3.8, 4) is 0 Å². The minimum absolute atomic E-state index is 0.984. The molecule has 0 amide bonds. The van der Waals surface area contributed by atoms with Gasteiger partial charge in [0.15, 0.2) is 0 Å². The van der Waals surface area contributed by atoms with Gasteiger partial charge in [-0.25, -0.2) is 0 Å². The summed E-state index contributed by atoms with van der Waals surface area (Å²) in [7, 11) is 0. The van der Waals surface area contributed by atoms with E-state index >= 15 is 0 Å². The molecule has 0 atom stereocenters. The third-order valence-corrected chi connectivity index (χ3v) is 4.53. The average Bonchev–Trinajstić information content (AvgIpc) is 2.54. The predicted octanol–water partition coefficient (Wildman–Crippen LogP) is 7.67. The normalized spacial score (nSPS) is 11.2. The summed E-state index contributed by atoms with van der Waals surface area (Å²) in [5, 5.41) is 0. The largest absolute Gasteiger partial charge is 0.381 e. The first-order valence-corrected chi connectivity index (χ1v) is 10.5. The van der Waals surface area contributed by atoms with E-state index in [1.54, 1.807) is 0 Å². The lowest BCUT2D eigenvalue weighted by atomic mass is 10.0. The molecule has 0 N–H and O–H groups in total. The van der Waals surface area contributed by atoms with Crippen molar-refractivity contribution in [3.63, 3.8) is 0 Å². The summed E-state index contributed by atoms with van der Waals surface area (Å²) in [4.78, 5) is 0. The van der Waals surface area contributed by atoms with Crippen LogP contribution < -0.4 is 0 Å². The summed E-state index contributed by atoms with van der Waals surface area (Å²) in [6.07, 6.45) is 23.8. The summed E-state index contributed by atoms with van der Waals surface area (Å²) in [5.41, 5.74) is 0. The molecule has 0 spiro atoms. The monoisotopic (exact) mass is 312 g/mol. The second-order valence-electron chi connectivity index (χ2n) is 6.92. The average molecular weight is 313 g/mol. The molecule has 0 aromatic rings. The Morgan fingerprint density at radius 2 is 0.636 bits per heavy atom. The van der Waals surface area contributed by atoms with Gasteiger partial charge in [-0.15, -0.1) is 0 Å². The molecule has 22 heavy (non-hydrogen) atoms. The zero-order chi connectivity index (χ0) is 16.1. The van der Waals surface area contributed by atoms with Crippen molar-refractivity contribution in [1.29, 1.82) is 0 Å². The molecule has 134 valence electrons. The van der Waals surface area contributed by atoms with Gasteiger partial charge in [-0.2, -0.15) is 0 Å². The first-order chi connectivity index (χ1) is 10.9. The van der Waals surface area contributed by atoms with Gasteiger partial charge in [-0.05, 0) is 12.8 Å². The first-order valence-electron chi connectivity index (χ1n) is 10.5. The quantitative estimate of drug-likeness (QED) is 0.222. The van der Waals surface area contributed by atoms with E-state index in [-0.39, 0.29) is 0 Å². The molecule has 0 aromatic carbocycles. The summed E-state index contributed by atoms with van der Waals surface area (Å²) in [5.74, 6) is 0. The zero-order valence-corrected chi connectivity index (χ0v) is 15.8. The van der Waals surface area contributed by atoms with E-state index < -0.39 is 0 Å². The fraction of sp³-hybridized carbons (Fsp3) is 1.00. The van der Waals surface area contributed by atoms with Crippen LogP contribution in [-0.2, 0) is 4.74 Å². The lowest BCUT2D eigenvalue weighted by Crippen LogP contribution is -1.97. The van der Waals surface area contributed by atoms with Gasteiger partial charge in [0.05, 0.1) is 0 Å². The molecule has 0 aliphatic carbocycles. The van der Waals surface area contributed by atoms with Crippen LogP contribution in [0.15, 0.2) is 0 Å². The molecule has 1 nitrogen and oxygen atoms in total. The molecule has 0 aliphatic heterocycles. The van der Waals surface area contributed by atoms with E-state index in [9.17, 15) is 0 Å². The Balaban J connectivity index is 2.91. The maximum Gasteiger partial charge on any atom is 0.0466 e.